The highest BCUT2D eigenvalue weighted by Gasteiger charge is 2.09. The van der Waals surface area contributed by atoms with Crippen LogP contribution in [0.1, 0.15) is 27.2 Å². The highest BCUT2D eigenvalue weighted by molar-refractivity contribution is 9.10. The maximum atomic E-state index is 11.0. The van der Waals surface area contributed by atoms with Crippen molar-refractivity contribution < 1.29 is 4.79 Å². The van der Waals surface area contributed by atoms with Gasteiger partial charge >= 0.3 is 0 Å². The Labute approximate surface area is 70.5 Å². The summed E-state index contributed by atoms with van der Waals surface area (Å²) in [6, 6.07) is 0.285. The first-order valence-corrected chi connectivity index (χ1v) is 4.44. The number of alkyl halides is 1. The van der Waals surface area contributed by atoms with Gasteiger partial charge in [0.15, 0.2) is 0 Å². The van der Waals surface area contributed by atoms with Crippen molar-refractivity contribution in [2.75, 3.05) is 0 Å². The Hall–Kier alpha value is -0.0500. The van der Waals surface area contributed by atoms with Crippen molar-refractivity contribution >= 4 is 21.8 Å². The van der Waals surface area contributed by atoms with E-state index in [-0.39, 0.29) is 16.8 Å². The van der Waals surface area contributed by atoms with Gasteiger partial charge in [0.25, 0.3) is 0 Å². The first-order valence-electron chi connectivity index (χ1n) is 3.52. The van der Waals surface area contributed by atoms with Crippen molar-refractivity contribution in [2.45, 2.75) is 38.1 Å². The summed E-state index contributed by atoms with van der Waals surface area (Å²) in [6.07, 6.45) is 0.978. The fraction of sp³-hybridized carbons (Fsp3) is 0.857. The van der Waals surface area contributed by atoms with Crippen LogP contribution in [0.15, 0.2) is 0 Å². The Bertz CT molecular complexity index is 114. The number of nitrogens with one attached hydrogen (secondary N) is 1. The third-order valence-electron chi connectivity index (χ3n) is 1.36. The molecule has 0 aliphatic heterocycles. The molecule has 0 saturated carbocycles. The van der Waals surface area contributed by atoms with Crippen LogP contribution in [0.2, 0.25) is 0 Å². The second-order valence-corrected chi connectivity index (χ2v) is 3.81. The van der Waals surface area contributed by atoms with Gasteiger partial charge in [-0.3, -0.25) is 4.79 Å². The van der Waals surface area contributed by atoms with E-state index in [4.69, 9.17) is 0 Å². The zero-order valence-electron chi connectivity index (χ0n) is 6.65. The Morgan fingerprint density at radius 3 is 2.40 bits per heavy atom. The first-order chi connectivity index (χ1) is 4.57. The topological polar surface area (TPSA) is 29.1 Å². The molecule has 60 valence electrons. The lowest BCUT2D eigenvalue weighted by molar-refractivity contribution is -0.120. The lowest BCUT2D eigenvalue weighted by atomic mass is 10.2. The summed E-state index contributed by atoms with van der Waals surface area (Å²) in [6.45, 7) is 5.86. The average molecular weight is 208 g/mol. The molecule has 0 saturated heterocycles. The van der Waals surface area contributed by atoms with E-state index in [0.29, 0.717) is 0 Å². The van der Waals surface area contributed by atoms with E-state index >= 15 is 0 Å². The second kappa shape index (κ2) is 4.72. The van der Waals surface area contributed by atoms with Gasteiger partial charge in [-0.2, -0.15) is 0 Å². The van der Waals surface area contributed by atoms with Crippen molar-refractivity contribution in [1.82, 2.24) is 5.32 Å². The largest absolute Gasteiger partial charge is 0.353 e. The van der Waals surface area contributed by atoms with E-state index in [2.05, 4.69) is 21.2 Å². The van der Waals surface area contributed by atoms with Gasteiger partial charge in [-0.15, -0.1) is 0 Å². The summed E-state index contributed by atoms with van der Waals surface area (Å²) in [5, 5.41) is 2.84. The zero-order chi connectivity index (χ0) is 8.15. The van der Waals surface area contributed by atoms with Crippen molar-refractivity contribution in [3.8, 4) is 0 Å². The molecule has 0 radical (unpaired) electrons. The molecule has 1 amide bonds. The maximum Gasteiger partial charge on any atom is 0.233 e. The number of carbonyl (C=O) groups is 1. The smallest absolute Gasteiger partial charge is 0.233 e. The van der Waals surface area contributed by atoms with E-state index in [1.165, 1.54) is 0 Å². The fourth-order valence-corrected chi connectivity index (χ4v) is 0.592. The predicted molar refractivity (Wildman–Crippen MR) is 46.3 cm³/mol. The molecule has 0 bridgehead atoms. The fourth-order valence-electron chi connectivity index (χ4n) is 0.460. The molecule has 0 unspecified atom stereocenters. The van der Waals surface area contributed by atoms with Crippen LogP contribution in [0.25, 0.3) is 0 Å². The summed E-state index contributed by atoms with van der Waals surface area (Å²) >= 11 is 3.19. The number of halogens is 1. The molecule has 0 heterocycles. The Kier molecular flexibility index (Phi) is 4.69. The Morgan fingerprint density at radius 1 is 1.60 bits per heavy atom. The third-order valence-corrected chi connectivity index (χ3v) is 1.78. The predicted octanol–water partition coefficient (Wildman–Crippen LogP) is 1.68. The Morgan fingerprint density at radius 2 is 2.10 bits per heavy atom. The lowest BCUT2D eigenvalue weighted by Crippen LogP contribution is -2.36. The van der Waals surface area contributed by atoms with E-state index < -0.39 is 0 Å². The number of hydrogen-bond donors (Lipinski definition) is 1. The minimum Gasteiger partial charge on any atom is -0.353 e. The van der Waals surface area contributed by atoms with Crippen LogP contribution in [0.5, 0.6) is 0 Å². The van der Waals surface area contributed by atoms with Crippen molar-refractivity contribution in [3.05, 3.63) is 0 Å². The average Bonchev–Trinajstić information content (AvgIpc) is 1.87. The van der Waals surface area contributed by atoms with Gasteiger partial charge in [-0.25, -0.2) is 0 Å². The van der Waals surface area contributed by atoms with Crippen molar-refractivity contribution in [3.63, 3.8) is 0 Å². The molecule has 0 fully saturated rings. The van der Waals surface area contributed by atoms with E-state index in [1.807, 2.05) is 20.8 Å². The first kappa shape index (κ1) is 9.95. The van der Waals surface area contributed by atoms with Gasteiger partial charge in [-0.1, -0.05) is 22.9 Å². The Balaban J connectivity index is 3.57. The number of amides is 1. The molecule has 0 aromatic rings. The lowest BCUT2D eigenvalue weighted by Gasteiger charge is -2.11. The summed E-state index contributed by atoms with van der Waals surface area (Å²) < 4.78 is 0. The van der Waals surface area contributed by atoms with Crippen LogP contribution in [-0.4, -0.2) is 16.8 Å². The molecule has 10 heavy (non-hydrogen) atoms. The van der Waals surface area contributed by atoms with Gasteiger partial charge in [-0.05, 0) is 20.3 Å². The van der Waals surface area contributed by atoms with E-state index in [9.17, 15) is 4.79 Å². The van der Waals surface area contributed by atoms with Crippen molar-refractivity contribution in [1.29, 1.82) is 0 Å². The highest BCUT2D eigenvalue weighted by Crippen LogP contribution is 1.98. The molecule has 2 nitrogen and oxygen atoms in total. The normalized spacial score (nSPS) is 16.0. The van der Waals surface area contributed by atoms with Crippen LogP contribution in [0.3, 0.4) is 0 Å². The molecule has 3 heteroatoms. The molecular weight excluding hydrogens is 194 g/mol. The summed E-state index contributed by atoms with van der Waals surface area (Å²) in [5.41, 5.74) is 0. The molecule has 1 N–H and O–H groups in total. The van der Waals surface area contributed by atoms with Gasteiger partial charge in [0, 0.05) is 6.04 Å². The summed E-state index contributed by atoms with van der Waals surface area (Å²) in [7, 11) is 0. The van der Waals surface area contributed by atoms with Crippen molar-refractivity contribution in [2.24, 2.45) is 0 Å². The van der Waals surface area contributed by atoms with Crippen LogP contribution < -0.4 is 5.32 Å². The van der Waals surface area contributed by atoms with Gasteiger partial charge in [0.05, 0.1) is 4.83 Å². The summed E-state index contributed by atoms with van der Waals surface area (Å²) in [5.74, 6) is 0.0642. The van der Waals surface area contributed by atoms with Crippen LogP contribution in [0, 0.1) is 0 Å². The van der Waals surface area contributed by atoms with Crippen LogP contribution >= 0.6 is 15.9 Å². The van der Waals surface area contributed by atoms with Gasteiger partial charge in [0.1, 0.15) is 0 Å². The standard InChI is InChI=1S/C7H14BrNO/c1-4-5(2)9-7(10)6(3)8/h5-6H,4H2,1-3H3,(H,9,10)/t5-,6+/m1/s1. The number of carbonyl (C=O) groups excluding carboxylic acids is 1. The van der Waals surface area contributed by atoms with E-state index in [0.717, 1.165) is 6.42 Å². The number of rotatable bonds is 3. The molecule has 0 aliphatic carbocycles. The van der Waals surface area contributed by atoms with Crippen LogP contribution in [0.4, 0.5) is 0 Å². The van der Waals surface area contributed by atoms with Crippen LogP contribution in [-0.2, 0) is 4.79 Å². The molecule has 0 aromatic carbocycles. The SMILES string of the molecule is CC[C@@H](C)NC(=O)[C@H](C)Br. The molecular formula is C7H14BrNO. The molecule has 0 aliphatic rings. The molecule has 2 atom stereocenters. The molecule has 0 aromatic heterocycles. The monoisotopic (exact) mass is 207 g/mol. The number of hydrogen-bond acceptors (Lipinski definition) is 1. The highest BCUT2D eigenvalue weighted by atomic mass is 79.9. The zero-order valence-corrected chi connectivity index (χ0v) is 8.23. The quantitative estimate of drug-likeness (QED) is 0.702. The second-order valence-electron chi connectivity index (χ2n) is 2.43. The minimum atomic E-state index is -0.0819. The van der Waals surface area contributed by atoms with E-state index in [1.54, 1.807) is 0 Å². The molecule has 0 rings (SSSR count). The van der Waals surface area contributed by atoms with Gasteiger partial charge < -0.3 is 5.32 Å². The molecule has 0 spiro atoms. The van der Waals surface area contributed by atoms with Gasteiger partial charge in [0.2, 0.25) is 5.91 Å². The summed E-state index contributed by atoms with van der Waals surface area (Å²) in [4.78, 5) is 10.9. The third kappa shape index (κ3) is 3.88. The maximum absolute atomic E-state index is 11.0. The minimum absolute atomic E-state index is 0.0642.